The van der Waals surface area contributed by atoms with E-state index >= 15 is 0 Å². The smallest absolute Gasteiger partial charge is 0.184 e. The van der Waals surface area contributed by atoms with Crippen LogP contribution in [0.1, 0.15) is 51.9 Å². The molecule has 4 aliphatic carbocycles. The van der Waals surface area contributed by atoms with Crippen molar-refractivity contribution < 1.29 is 19.4 Å². The number of carbonyl (C=O) groups is 1. The Kier molecular flexibility index (Phi) is 2.40. The lowest BCUT2D eigenvalue weighted by atomic mass is 9.42. The topological polar surface area (TPSA) is 55.8 Å². The minimum Gasteiger partial charge on any atom is -0.393 e. The van der Waals surface area contributed by atoms with E-state index in [0.717, 1.165) is 38.5 Å². The first-order valence-corrected chi connectivity index (χ1v) is 8.87. The summed E-state index contributed by atoms with van der Waals surface area (Å²) in [7, 11) is 1.73. The lowest BCUT2D eigenvalue weighted by Gasteiger charge is -2.62. The van der Waals surface area contributed by atoms with E-state index < -0.39 is 5.79 Å². The van der Waals surface area contributed by atoms with Crippen molar-refractivity contribution in [2.75, 3.05) is 13.7 Å². The number of methoxy groups -OCH3 is 1. The van der Waals surface area contributed by atoms with E-state index in [-0.39, 0.29) is 28.3 Å². The minimum absolute atomic E-state index is 0.00616. The predicted octanol–water partition coefficient (Wildman–Crippen LogP) is 2.29. The van der Waals surface area contributed by atoms with Crippen LogP contribution in [0.25, 0.3) is 0 Å². The number of Topliss-reactive ketones (excluding diaryl/α,β-unsaturated/α-hetero) is 1. The zero-order valence-electron chi connectivity index (χ0n) is 13.6. The quantitative estimate of drug-likeness (QED) is 0.807. The van der Waals surface area contributed by atoms with Gasteiger partial charge in [-0.05, 0) is 38.0 Å². The molecule has 4 saturated carbocycles. The molecule has 5 rings (SSSR count). The molecule has 4 heteroatoms. The van der Waals surface area contributed by atoms with Crippen LogP contribution < -0.4 is 0 Å². The molecule has 4 nitrogen and oxygen atoms in total. The van der Waals surface area contributed by atoms with Gasteiger partial charge in [0.1, 0.15) is 5.78 Å². The Morgan fingerprint density at radius 1 is 1.27 bits per heavy atom. The van der Waals surface area contributed by atoms with Gasteiger partial charge in [-0.3, -0.25) is 4.79 Å². The number of carbonyl (C=O) groups excluding carboxylic acids is 1. The summed E-state index contributed by atoms with van der Waals surface area (Å²) in [6, 6.07) is 0. The highest BCUT2D eigenvalue weighted by Crippen LogP contribution is 2.82. The second-order valence-electron chi connectivity index (χ2n) is 8.69. The SMILES string of the molecule is CO[C@@]12OC[C@@]34CCC[C@@]3(C)[C@H](O)C[C@H]3C[C@@H]1C(=O)CC[C@]324. The molecule has 0 amide bonds. The molecule has 1 N–H and O–H groups in total. The molecule has 7 atom stereocenters. The van der Waals surface area contributed by atoms with Crippen molar-refractivity contribution in [3.05, 3.63) is 0 Å². The summed E-state index contributed by atoms with van der Waals surface area (Å²) in [5.41, 5.74) is -0.148. The summed E-state index contributed by atoms with van der Waals surface area (Å²) >= 11 is 0. The van der Waals surface area contributed by atoms with Gasteiger partial charge in [0.15, 0.2) is 5.79 Å². The predicted molar refractivity (Wildman–Crippen MR) is 79.0 cm³/mol. The van der Waals surface area contributed by atoms with Crippen molar-refractivity contribution in [2.45, 2.75) is 63.8 Å². The van der Waals surface area contributed by atoms with Crippen molar-refractivity contribution in [2.24, 2.45) is 28.1 Å². The molecule has 0 radical (unpaired) electrons. The maximum Gasteiger partial charge on any atom is 0.184 e. The van der Waals surface area contributed by atoms with Gasteiger partial charge in [-0.15, -0.1) is 0 Å². The Labute approximate surface area is 131 Å². The second kappa shape index (κ2) is 3.79. The molecule has 122 valence electrons. The Hall–Kier alpha value is -0.450. The Morgan fingerprint density at radius 3 is 2.86 bits per heavy atom. The number of hydrogen-bond donors (Lipinski definition) is 1. The van der Waals surface area contributed by atoms with Gasteiger partial charge in [0.25, 0.3) is 0 Å². The van der Waals surface area contributed by atoms with E-state index in [1.165, 1.54) is 0 Å². The molecule has 2 bridgehead atoms. The van der Waals surface area contributed by atoms with Crippen LogP contribution in [-0.4, -0.2) is 36.5 Å². The molecule has 0 aromatic heterocycles. The lowest BCUT2D eigenvalue weighted by molar-refractivity contribution is -0.284. The standard InChI is InChI=1S/C18H26O4/c1-15-5-3-6-16(15)10-22-18(21-2)12-8-11(9-14(15)20)17(16,18)7-4-13(12)19/h11-12,14,20H,3-10H2,1-2H3/t11-,12-,14-,15+,16+,17-,18-/m1/s1. The molecule has 0 aromatic rings. The number of ether oxygens (including phenoxy) is 2. The Balaban J connectivity index is 1.79. The van der Waals surface area contributed by atoms with E-state index in [1.54, 1.807) is 7.11 Å². The van der Waals surface area contributed by atoms with E-state index in [4.69, 9.17) is 9.47 Å². The highest BCUT2D eigenvalue weighted by Gasteiger charge is 2.86. The molecule has 0 aromatic carbocycles. The zero-order valence-corrected chi connectivity index (χ0v) is 13.6. The molecule has 5 aliphatic rings. The number of hydrogen-bond acceptors (Lipinski definition) is 4. The van der Waals surface area contributed by atoms with Gasteiger partial charge >= 0.3 is 0 Å². The maximum atomic E-state index is 12.6. The monoisotopic (exact) mass is 306 g/mol. The molecule has 1 saturated heterocycles. The Morgan fingerprint density at radius 2 is 2.09 bits per heavy atom. The molecule has 1 aliphatic heterocycles. The third kappa shape index (κ3) is 1.04. The van der Waals surface area contributed by atoms with Crippen LogP contribution in [0.5, 0.6) is 0 Å². The van der Waals surface area contributed by atoms with Crippen molar-refractivity contribution in [3.8, 4) is 0 Å². The van der Waals surface area contributed by atoms with Crippen molar-refractivity contribution in [1.82, 2.24) is 0 Å². The molecule has 2 spiro atoms. The van der Waals surface area contributed by atoms with Crippen molar-refractivity contribution in [3.63, 3.8) is 0 Å². The largest absolute Gasteiger partial charge is 0.393 e. The average Bonchev–Trinajstić information content (AvgIpc) is 3.06. The number of ketones is 1. The van der Waals surface area contributed by atoms with Crippen LogP contribution in [0.15, 0.2) is 0 Å². The van der Waals surface area contributed by atoms with Gasteiger partial charge < -0.3 is 14.6 Å². The highest BCUT2D eigenvalue weighted by molar-refractivity contribution is 5.84. The number of aliphatic hydroxyl groups is 1. The first-order chi connectivity index (χ1) is 10.5. The molecule has 5 fully saturated rings. The van der Waals surface area contributed by atoms with Gasteiger partial charge in [0.2, 0.25) is 0 Å². The van der Waals surface area contributed by atoms with Crippen LogP contribution in [0, 0.1) is 28.1 Å². The summed E-state index contributed by atoms with van der Waals surface area (Å²) in [5.74, 6) is -0.148. The number of rotatable bonds is 1. The van der Waals surface area contributed by atoms with Crippen LogP contribution in [0.2, 0.25) is 0 Å². The summed E-state index contributed by atoms with van der Waals surface area (Å²) < 4.78 is 12.5. The maximum absolute atomic E-state index is 12.6. The number of aliphatic hydroxyl groups excluding tert-OH is 1. The first-order valence-electron chi connectivity index (χ1n) is 8.87. The molecule has 22 heavy (non-hydrogen) atoms. The van der Waals surface area contributed by atoms with Crippen molar-refractivity contribution in [1.29, 1.82) is 0 Å². The molecular weight excluding hydrogens is 280 g/mol. The summed E-state index contributed by atoms with van der Waals surface area (Å²) in [4.78, 5) is 12.6. The fourth-order valence-corrected chi connectivity index (χ4v) is 7.95. The van der Waals surface area contributed by atoms with Crippen LogP contribution in [-0.2, 0) is 14.3 Å². The van der Waals surface area contributed by atoms with Crippen LogP contribution in [0.4, 0.5) is 0 Å². The van der Waals surface area contributed by atoms with Gasteiger partial charge in [0, 0.05) is 29.8 Å². The van der Waals surface area contributed by atoms with E-state index in [1.807, 2.05) is 0 Å². The van der Waals surface area contributed by atoms with Gasteiger partial charge in [-0.25, -0.2) is 0 Å². The molecule has 0 unspecified atom stereocenters. The summed E-state index contributed by atoms with van der Waals surface area (Å²) in [5, 5.41) is 11.0. The van der Waals surface area contributed by atoms with Crippen molar-refractivity contribution >= 4 is 5.78 Å². The van der Waals surface area contributed by atoms with Gasteiger partial charge in [-0.2, -0.15) is 0 Å². The highest BCUT2D eigenvalue weighted by atomic mass is 16.7. The summed E-state index contributed by atoms with van der Waals surface area (Å²) in [6.45, 7) is 2.93. The fourth-order valence-electron chi connectivity index (χ4n) is 7.95. The van der Waals surface area contributed by atoms with Gasteiger partial charge in [0.05, 0.1) is 18.6 Å². The third-order valence-electron chi connectivity index (χ3n) is 8.78. The average molecular weight is 306 g/mol. The van der Waals surface area contributed by atoms with Crippen LogP contribution in [0.3, 0.4) is 0 Å². The second-order valence-corrected chi connectivity index (χ2v) is 8.69. The fraction of sp³-hybridized carbons (Fsp3) is 0.944. The normalized spacial score (nSPS) is 62.1. The Bertz CT molecular complexity index is 561. The minimum atomic E-state index is -0.710. The van der Waals surface area contributed by atoms with Gasteiger partial charge in [-0.1, -0.05) is 13.3 Å². The third-order valence-corrected chi connectivity index (χ3v) is 8.78. The molecular formula is C18H26O4. The molecule has 1 heterocycles. The summed E-state index contributed by atoms with van der Waals surface area (Å²) in [6.07, 6.45) is 6.30. The van der Waals surface area contributed by atoms with E-state index in [9.17, 15) is 9.90 Å². The van der Waals surface area contributed by atoms with E-state index in [2.05, 4.69) is 6.92 Å². The van der Waals surface area contributed by atoms with Crippen LogP contribution >= 0.6 is 0 Å². The first kappa shape index (κ1) is 13.9. The van der Waals surface area contributed by atoms with E-state index in [0.29, 0.717) is 24.7 Å². The zero-order chi connectivity index (χ0) is 15.4. The lowest BCUT2D eigenvalue weighted by Crippen LogP contribution is -2.66.